The van der Waals surface area contributed by atoms with Crippen LogP contribution in [0.1, 0.15) is 34.6 Å². The lowest BCUT2D eigenvalue weighted by molar-refractivity contribution is -0.173. The van der Waals surface area contributed by atoms with Crippen LogP contribution in [0.15, 0.2) is 48.5 Å². The molecule has 6 nitrogen and oxygen atoms in total. The molecule has 0 unspecified atom stereocenters. The van der Waals surface area contributed by atoms with Crippen LogP contribution in [-0.2, 0) is 0 Å². The fourth-order valence-corrected chi connectivity index (χ4v) is 3.69. The van der Waals surface area contributed by atoms with E-state index in [0.717, 1.165) is 4.68 Å². The minimum atomic E-state index is -4.58. The molecule has 0 saturated heterocycles. The monoisotopic (exact) mass is 470 g/mol. The van der Waals surface area contributed by atoms with Gasteiger partial charge in [-0.15, -0.1) is 0 Å². The third-order valence-corrected chi connectivity index (χ3v) is 5.39. The van der Waals surface area contributed by atoms with E-state index in [2.05, 4.69) is 15.7 Å². The second-order valence-electron chi connectivity index (χ2n) is 7.02. The molecule has 0 aliphatic carbocycles. The van der Waals surface area contributed by atoms with E-state index in [9.17, 15) is 23.1 Å². The normalized spacial score (nSPS) is 18.2. The fourth-order valence-electron chi connectivity index (χ4n) is 3.39. The molecule has 2 atom stereocenters. The summed E-state index contributed by atoms with van der Waals surface area (Å²) in [6.07, 6.45) is -4.89. The molecular formula is C20H15Cl2F3N4O2. The molecule has 3 N–H and O–H groups in total. The summed E-state index contributed by atoms with van der Waals surface area (Å²) < 4.78 is 42.1. The molecule has 1 aliphatic rings. The number of aromatic nitrogens is 2. The Bertz CT molecular complexity index is 1130. The highest BCUT2D eigenvalue weighted by molar-refractivity contribution is 6.31. The number of alkyl halides is 3. The number of hydrogen-bond donors (Lipinski definition) is 3. The quantitative estimate of drug-likeness (QED) is 0.422. The van der Waals surface area contributed by atoms with Crippen molar-refractivity contribution < 1.29 is 23.1 Å². The summed E-state index contributed by atoms with van der Waals surface area (Å²) in [5.74, 6) is -0.977. The first-order chi connectivity index (χ1) is 14.6. The van der Waals surface area contributed by atoms with E-state index in [1.165, 1.54) is 24.3 Å². The van der Waals surface area contributed by atoms with E-state index < -0.39 is 24.2 Å². The number of nitrogens with one attached hydrogen (secondary N) is 2. The van der Waals surface area contributed by atoms with Crippen LogP contribution in [0.5, 0.6) is 5.75 Å². The Kier molecular flexibility index (Phi) is 5.49. The second kappa shape index (κ2) is 7.97. The third-order valence-electron chi connectivity index (χ3n) is 4.90. The van der Waals surface area contributed by atoms with Crippen LogP contribution in [0.2, 0.25) is 10.0 Å². The van der Waals surface area contributed by atoms with E-state index in [-0.39, 0.29) is 34.4 Å². The Morgan fingerprint density at radius 3 is 2.48 bits per heavy atom. The minimum absolute atomic E-state index is 0.0165. The number of rotatable bonds is 3. The summed E-state index contributed by atoms with van der Waals surface area (Å²) >= 11 is 11.7. The summed E-state index contributed by atoms with van der Waals surface area (Å²) in [6, 6.07) is 9.18. The van der Waals surface area contributed by atoms with E-state index in [1.807, 2.05) is 0 Å². The van der Waals surface area contributed by atoms with Crippen LogP contribution in [0.25, 0.3) is 0 Å². The average Bonchev–Trinajstić information content (AvgIpc) is 3.14. The summed E-state index contributed by atoms with van der Waals surface area (Å²) in [5, 5.41) is 19.9. The standard InChI is InChI=1S/C20H15Cl2F3N4O2/c21-11-3-1-10(2-4-11)13-8-17(20(23,24)25)29-18(26-13)9-15(28-29)19(31)27-14-7-12(22)5-6-16(14)30/h1-7,9,13,17,26,30H,8H2,(H,27,31)/t13-,17-/m0/s1. The number of aromatic hydroxyl groups is 1. The molecule has 1 aliphatic heterocycles. The SMILES string of the molecule is O=C(Nc1cc(Cl)ccc1O)c1cc2n(n1)[C@H](C(F)(F)F)C[C@@H](c1ccc(Cl)cc1)N2. The predicted molar refractivity (Wildman–Crippen MR) is 111 cm³/mol. The van der Waals surface area contributed by atoms with Gasteiger partial charge in [-0.25, -0.2) is 4.68 Å². The van der Waals surface area contributed by atoms with Crippen molar-refractivity contribution in [1.82, 2.24) is 9.78 Å². The molecule has 1 amide bonds. The zero-order valence-electron chi connectivity index (χ0n) is 15.6. The average molecular weight is 471 g/mol. The number of nitrogens with zero attached hydrogens (tertiary/aromatic N) is 2. The molecule has 31 heavy (non-hydrogen) atoms. The number of phenolic OH excluding ortho intramolecular Hbond substituents is 1. The van der Waals surface area contributed by atoms with Crippen LogP contribution < -0.4 is 10.6 Å². The number of amides is 1. The first kappa shape index (κ1) is 21.3. The topological polar surface area (TPSA) is 79.2 Å². The minimum Gasteiger partial charge on any atom is -0.506 e. The van der Waals surface area contributed by atoms with Crippen molar-refractivity contribution in [2.45, 2.75) is 24.7 Å². The lowest BCUT2D eigenvalue weighted by Gasteiger charge is -2.33. The van der Waals surface area contributed by atoms with Crippen LogP contribution >= 0.6 is 23.2 Å². The lowest BCUT2D eigenvalue weighted by Crippen LogP contribution is -2.35. The molecule has 0 bridgehead atoms. The summed E-state index contributed by atoms with van der Waals surface area (Å²) in [6.45, 7) is 0. The number of hydrogen-bond acceptors (Lipinski definition) is 4. The Hall–Kier alpha value is -2.91. The molecule has 162 valence electrons. The van der Waals surface area contributed by atoms with Crippen molar-refractivity contribution in [3.63, 3.8) is 0 Å². The number of phenols is 1. The fraction of sp³-hybridized carbons (Fsp3) is 0.200. The lowest BCUT2D eigenvalue weighted by atomic mass is 9.97. The Morgan fingerprint density at radius 2 is 1.81 bits per heavy atom. The summed E-state index contributed by atoms with van der Waals surface area (Å²) in [7, 11) is 0. The molecular weight excluding hydrogens is 456 g/mol. The number of benzene rings is 2. The highest BCUT2D eigenvalue weighted by Gasteiger charge is 2.46. The van der Waals surface area contributed by atoms with Gasteiger partial charge in [0.25, 0.3) is 5.91 Å². The molecule has 0 spiro atoms. The maximum Gasteiger partial charge on any atom is 0.410 e. The molecule has 3 aromatic rings. The maximum atomic E-state index is 13.8. The first-order valence-electron chi connectivity index (χ1n) is 9.10. The van der Waals surface area contributed by atoms with Gasteiger partial charge in [0.05, 0.1) is 11.7 Å². The number of halogens is 5. The van der Waals surface area contributed by atoms with Gasteiger partial charge in [-0.1, -0.05) is 35.3 Å². The van der Waals surface area contributed by atoms with Gasteiger partial charge in [0.15, 0.2) is 11.7 Å². The van der Waals surface area contributed by atoms with Gasteiger partial charge in [-0.2, -0.15) is 18.3 Å². The van der Waals surface area contributed by atoms with Crippen molar-refractivity contribution >= 4 is 40.6 Å². The van der Waals surface area contributed by atoms with Crippen molar-refractivity contribution in [3.05, 3.63) is 69.8 Å². The van der Waals surface area contributed by atoms with Crippen LogP contribution in [-0.4, -0.2) is 27.0 Å². The molecule has 0 fully saturated rings. The molecule has 2 aromatic carbocycles. The molecule has 0 saturated carbocycles. The molecule has 4 rings (SSSR count). The van der Waals surface area contributed by atoms with Crippen molar-refractivity contribution in [2.75, 3.05) is 10.6 Å². The number of carbonyl (C=O) groups is 1. The predicted octanol–water partition coefficient (Wildman–Crippen LogP) is 5.81. The smallest absolute Gasteiger partial charge is 0.410 e. The van der Waals surface area contributed by atoms with Gasteiger partial charge in [-0.3, -0.25) is 4.79 Å². The second-order valence-corrected chi connectivity index (χ2v) is 7.89. The Balaban J connectivity index is 1.65. The summed E-state index contributed by atoms with van der Waals surface area (Å²) in [5.41, 5.74) is 0.400. The van der Waals surface area contributed by atoms with Crippen LogP contribution in [0.4, 0.5) is 24.7 Å². The van der Waals surface area contributed by atoms with Gasteiger partial charge < -0.3 is 15.7 Å². The Labute approximate surface area is 184 Å². The highest BCUT2D eigenvalue weighted by Crippen LogP contribution is 2.43. The highest BCUT2D eigenvalue weighted by atomic mass is 35.5. The zero-order valence-corrected chi connectivity index (χ0v) is 17.1. The van der Waals surface area contributed by atoms with Gasteiger partial charge in [0.1, 0.15) is 11.6 Å². The maximum absolute atomic E-state index is 13.8. The van der Waals surface area contributed by atoms with Crippen molar-refractivity contribution in [2.24, 2.45) is 0 Å². The first-order valence-corrected chi connectivity index (χ1v) is 9.85. The van der Waals surface area contributed by atoms with Gasteiger partial charge >= 0.3 is 6.18 Å². The third kappa shape index (κ3) is 4.42. The molecule has 0 radical (unpaired) electrons. The Morgan fingerprint density at radius 1 is 1.13 bits per heavy atom. The van der Waals surface area contributed by atoms with Gasteiger partial charge in [0.2, 0.25) is 0 Å². The van der Waals surface area contributed by atoms with E-state index in [0.29, 0.717) is 10.6 Å². The van der Waals surface area contributed by atoms with E-state index >= 15 is 0 Å². The summed E-state index contributed by atoms with van der Waals surface area (Å²) in [4.78, 5) is 12.6. The van der Waals surface area contributed by atoms with E-state index in [1.54, 1.807) is 24.3 Å². The van der Waals surface area contributed by atoms with Gasteiger partial charge in [-0.05, 0) is 35.9 Å². The van der Waals surface area contributed by atoms with E-state index in [4.69, 9.17) is 23.2 Å². The molecule has 11 heteroatoms. The van der Waals surface area contributed by atoms with Crippen molar-refractivity contribution in [3.8, 4) is 5.75 Å². The van der Waals surface area contributed by atoms with Crippen molar-refractivity contribution in [1.29, 1.82) is 0 Å². The molecule has 2 heterocycles. The van der Waals surface area contributed by atoms with Crippen LogP contribution in [0, 0.1) is 0 Å². The number of anilines is 2. The number of carbonyl (C=O) groups excluding carboxylic acids is 1. The number of fused-ring (bicyclic) bond motifs is 1. The zero-order chi connectivity index (χ0) is 22.3. The van der Waals surface area contributed by atoms with Gasteiger partial charge in [0, 0.05) is 22.5 Å². The van der Waals surface area contributed by atoms with Crippen LogP contribution in [0.3, 0.4) is 0 Å². The largest absolute Gasteiger partial charge is 0.506 e. The molecule has 1 aromatic heterocycles.